The predicted octanol–water partition coefficient (Wildman–Crippen LogP) is -1.39. The second-order valence-corrected chi connectivity index (χ2v) is 4.21. The van der Waals surface area contributed by atoms with Crippen molar-refractivity contribution in [3.63, 3.8) is 0 Å². The summed E-state index contributed by atoms with van der Waals surface area (Å²) in [5.41, 5.74) is 0. The first kappa shape index (κ1) is 11.1. The molecule has 0 aromatic rings. The van der Waals surface area contributed by atoms with E-state index in [1.165, 1.54) is 7.05 Å². The highest BCUT2D eigenvalue weighted by atomic mass is 16.2. The Labute approximate surface area is 93.4 Å². The molecule has 0 bridgehead atoms. The second-order valence-electron chi connectivity index (χ2n) is 4.21. The molecule has 3 amide bonds. The molecule has 88 valence electrons. The van der Waals surface area contributed by atoms with Crippen LogP contribution in [0.15, 0.2) is 0 Å². The Morgan fingerprint density at radius 2 is 2.25 bits per heavy atom. The van der Waals surface area contributed by atoms with Crippen molar-refractivity contribution in [1.29, 1.82) is 0 Å². The molecule has 2 saturated heterocycles. The Morgan fingerprint density at radius 1 is 1.50 bits per heavy atom. The number of amides is 3. The molecule has 0 spiro atoms. The van der Waals surface area contributed by atoms with Gasteiger partial charge in [0.1, 0.15) is 6.04 Å². The first-order valence-corrected chi connectivity index (χ1v) is 5.44. The molecule has 6 heteroatoms. The summed E-state index contributed by atoms with van der Waals surface area (Å²) in [5, 5.41) is 5.66. The molecule has 2 atom stereocenters. The lowest BCUT2D eigenvalue weighted by Gasteiger charge is -2.14. The highest BCUT2D eigenvalue weighted by Gasteiger charge is 2.38. The number of likely N-dealkylation sites (N-methyl/N-ethyl adjacent to an activating group) is 1. The lowest BCUT2D eigenvalue weighted by atomic mass is 10.2. The highest BCUT2D eigenvalue weighted by molar-refractivity contribution is 6.06. The fourth-order valence-electron chi connectivity index (χ4n) is 2.05. The van der Waals surface area contributed by atoms with Crippen LogP contribution in [0.25, 0.3) is 0 Å². The molecule has 2 aliphatic heterocycles. The van der Waals surface area contributed by atoms with Crippen LogP contribution in [-0.4, -0.2) is 48.3 Å². The second kappa shape index (κ2) is 4.21. The van der Waals surface area contributed by atoms with Crippen LogP contribution < -0.4 is 10.6 Å². The number of likely N-dealkylation sites (tertiary alicyclic amines) is 1. The molecular weight excluding hydrogens is 210 g/mol. The number of hydrogen-bond acceptors (Lipinski definition) is 4. The zero-order valence-corrected chi connectivity index (χ0v) is 9.16. The molecule has 2 aliphatic rings. The molecule has 0 aromatic heterocycles. The van der Waals surface area contributed by atoms with Gasteiger partial charge in [-0.05, 0) is 19.4 Å². The molecule has 2 rings (SSSR count). The zero-order chi connectivity index (χ0) is 11.7. The van der Waals surface area contributed by atoms with Gasteiger partial charge in [0.2, 0.25) is 11.8 Å². The van der Waals surface area contributed by atoms with Crippen LogP contribution in [0.3, 0.4) is 0 Å². The molecule has 6 nitrogen and oxygen atoms in total. The van der Waals surface area contributed by atoms with Crippen molar-refractivity contribution in [2.75, 3.05) is 13.6 Å². The third-order valence-electron chi connectivity index (χ3n) is 3.07. The van der Waals surface area contributed by atoms with Crippen molar-refractivity contribution in [3.05, 3.63) is 0 Å². The van der Waals surface area contributed by atoms with Gasteiger partial charge in [0, 0.05) is 7.05 Å². The molecular formula is C10H15N3O3. The largest absolute Gasteiger partial charge is 0.342 e. The molecule has 2 N–H and O–H groups in total. The average molecular weight is 225 g/mol. The molecule has 0 aliphatic carbocycles. The Kier molecular flexibility index (Phi) is 2.91. The van der Waals surface area contributed by atoms with Crippen molar-refractivity contribution >= 4 is 17.7 Å². The normalized spacial score (nSPS) is 29.9. The van der Waals surface area contributed by atoms with Crippen molar-refractivity contribution in [1.82, 2.24) is 15.5 Å². The number of imide groups is 1. The van der Waals surface area contributed by atoms with Gasteiger partial charge in [-0.25, -0.2) is 0 Å². The maximum atomic E-state index is 11.7. The minimum Gasteiger partial charge on any atom is -0.342 e. The molecule has 16 heavy (non-hydrogen) atoms. The van der Waals surface area contributed by atoms with Crippen molar-refractivity contribution in [3.8, 4) is 0 Å². The highest BCUT2D eigenvalue weighted by Crippen LogP contribution is 2.12. The number of hydrogen-bond donors (Lipinski definition) is 2. The van der Waals surface area contributed by atoms with Crippen LogP contribution in [0, 0.1) is 0 Å². The van der Waals surface area contributed by atoms with Gasteiger partial charge in [0.05, 0.1) is 12.5 Å². The van der Waals surface area contributed by atoms with Crippen LogP contribution >= 0.6 is 0 Å². The van der Waals surface area contributed by atoms with Gasteiger partial charge in [-0.3, -0.25) is 19.3 Å². The van der Waals surface area contributed by atoms with Crippen LogP contribution in [0.4, 0.5) is 0 Å². The first-order valence-electron chi connectivity index (χ1n) is 5.44. The van der Waals surface area contributed by atoms with E-state index in [-0.39, 0.29) is 30.2 Å². The smallest absolute Gasteiger partial charge is 0.252 e. The van der Waals surface area contributed by atoms with Gasteiger partial charge in [0.25, 0.3) is 5.91 Å². The Hall–Kier alpha value is -1.43. The van der Waals surface area contributed by atoms with E-state index in [0.29, 0.717) is 0 Å². The summed E-state index contributed by atoms with van der Waals surface area (Å²) in [6, 6.07) is -0.888. The van der Waals surface area contributed by atoms with Gasteiger partial charge < -0.3 is 10.6 Å². The SMILES string of the molecule is CN1C(=O)CC(NC(=O)[C@@H]2CCCN2)C1=O. The lowest BCUT2D eigenvalue weighted by molar-refractivity contribution is -0.138. The fraction of sp³-hybridized carbons (Fsp3) is 0.700. The summed E-state index contributed by atoms with van der Waals surface area (Å²) in [7, 11) is 1.44. The standard InChI is InChI=1S/C10H15N3O3/c1-13-8(14)5-7(10(13)16)12-9(15)6-3-2-4-11-6/h6-7,11H,2-5H2,1H3,(H,12,15)/t6-,7?/m0/s1. The maximum absolute atomic E-state index is 11.7. The minimum atomic E-state index is -0.674. The summed E-state index contributed by atoms with van der Waals surface area (Å²) < 4.78 is 0. The monoisotopic (exact) mass is 225 g/mol. The summed E-state index contributed by atoms with van der Waals surface area (Å²) in [6.45, 7) is 0.829. The first-order chi connectivity index (χ1) is 7.59. The molecule has 1 unspecified atom stereocenters. The van der Waals surface area contributed by atoms with E-state index in [2.05, 4.69) is 10.6 Å². The molecule has 2 heterocycles. The van der Waals surface area contributed by atoms with E-state index >= 15 is 0 Å². The quantitative estimate of drug-likeness (QED) is 0.567. The van der Waals surface area contributed by atoms with Crippen molar-refractivity contribution < 1.29 is 14.4 Å². The molecule has 2 fully saturated rings. The van der Waals surface area contributed by atoms with Gasteiger partial charge in [-0.1, -0.05) is 0 Å². The predicted molar refractivity (Wildman–Crippen MR) is 55.3 cm³/mol. The van der Waals surface area contributed by atoms with E-state index in [9.17, 15) is 14.4 Å². The van der Waals surface area contributed by atoms with Crippen molar-refractivity contribution in [2.45, 2.75) is 31.3 Å². The van der Waals surface area contributed by atoms with E-state index in [1.54, 1.807) is 0 Å². The lowest BCUT2D eigenvalue weighted by Crippen LogP contribution is -2.47. The number of carbonyl (C=O) groups is 3. The van der Waals surface area contributed by atoms with Gasteiger partial charge in [-0.15, -0.1) is 0 Å². The third kappa shape index (κ3) is 1.92. The van der Waals surface area contributed by atoms with Crippen molar-refractivity contribution in [2.24, 2.45) is 0 Å². The summed E-state index contributed by atoms with van der Waals surface area (Å²) in [4.78, 5) is 35.5. The van der Waals surface area contributed by atoms with Crippen LogP contribution in [0.2, 0.25) is 0 Å². The third-order valence-corrected chi connectivity index (χ3v) is 3.07. The summed E-state index contributed by atoms with van der Waals surface area (Å²) >= 11 is 0. The minimum absolute atomic E-state index is 0.0772. The van der Waals surface area contributed by atoms with E-state index in [4.69, 9.17) is 0 Å². The Morgan fingerprint density at radius 3 is 2.75 bits per heavy atom. The number of nitrogens with zero attached hydrogens (tertiary/aromatic N) is 1. The molecule has 0 aromatic carbocycles. The van der Waals surface area contributed by atoms with Crippen LogP contribution in [0.1, 0.15) is 19.3 Å². The van der Waals surface area contributed by atoms with Gasteiger partial charge in [-0.2, -0.15) is 0 Å². The van der Waals surface area contributed by atoms with Crippen LogP contribution in [-0.2, 0) is 14.4 Å². The topological polar surface area (TPSA) is 78.5 Å². The van der Waals surface area contributed by atoms with Gasteiger partial charge in [0.15, 0.2) is 0 Å². The average Bonchev–Trinajstić information content (AvgIpc) is 2.85. The summed E-state index contributed by atoms with van der Waals surface area (Å²) in [5.74, 6) is -0.745. The maximum Gasteiger partial charge on any atom is 0.252 e. The fourth-order valence-corrected chi connectivity index (χ4v) is 2.05. The number of rotatable bonds is 2. The van der Waals surface area contributed by atoms with Crippen LogP contribution in [0.5, 0.6) is 0 Å². The zero-order valence-electron chi connectivity index (χ0n) is 9.16. The van der Waals surface area contributed by atoms with E-state index in [1.807, 2.05) is 0 Å². The number of carbonyl (C=O) groups excluding carboxylic acids is 3. The molecule has 0 radical (unpaired) electrons. The molecule has 0 saturated carbocycles. The number of nitrogens with one attached hydrogen (secondary N) is 2. The Bertz CT molecular complexity index is 336. The summed E-state index contributed by atoms with van der Waals surface area (Å²) in [6.07, 6.45) is 1.83. The Balaban J connectivity index is 1.92. The van der Waals surface area contributed by atoms with E-state index < -0.39 is 6.04 Å². The van der Waals surface area contributed by atoms with Gasteiger partial charge >= 0.3 is 0 Å². The van der Waals surface area contributed by atoms with E-state index in [0.717, 1.165) is 24.3 Å².